The fourth-order valence-corrected chi connectivity index (χ4v) is 2.82. The first-order chi connectivity index (χ1) is 11.8. The van der Waals surface area contributed by atoms with E-state index in [1.165, 1.54) is 0 Å². The normalized spacial score (nSPS) is 38.8. The van der Waals surface area contributed by atoms with E-state index in [1.807, 2.05) is 0 Å². The molecule has 1 fully saturated rings. The molecule has 2 rings (SSSR count). The summed E-state index contributed by atoms with van der Waals surface area (Å²) in [6.45, 7) is -0.412. The van der Waals surface area contributed by atoms with Crippen LogP contribution in [0.2, 0.25) is 0 Å². The highest BCUT2D eigenvalue weighted by Crippen LogP contribution is 2.27. The Kier molecular flexibility index (Phi) is 7.14. The number of carboxylic acid groups (broad SMARTS) is 1. The topological polar surface area (TPSA) is 166 Å². The van der Waals surface area contributed by atoms with Gasteiger partial charge in [0, 0.05) is 12.5 Å². The molecular weight excluding hydrogens is 340 g/mol. The van der Waals surface area contributed by atoms with Gasteiger partial charge in [-0.05, 0) is 18.9 Å². The second-order valence-electron chi connectivity index (χ2n) is 6.15. The molecule has 0 aromatic rings. The minimum absolute atomic E-state index is 0.135. The number of aliphatic hydroxyl groups is 5. The van der Waals surface area contributed by atoms with Crippen LogP contribution in [0.3, 0.4) is 0 Å². The molecule has 2 aliphatic rings. The molecule has 1 saturated heterocycles. The standard InChI is InChI=1S/C15H24O10/c16-5-11-8(17)3-7(15(22)25-11)1-2-23-6-12-13(19)9(18)4-10(24-12)14(20)21/h4,7-9,11-13,15-19,22H,1-3,5-6H2,(H,20,21)/t7?,8-,9?,11?,12?,13?,15?/m1/s1. The molecule has 0 amide bonds. The van der Waals surface area contributed by atoms with Gasteiger partial charge in [-0.2, -0.15) is 0 Å². The Hall–Kier alpha value is -1.27. The number of aliphatic carboxylic acids is 1. The Bertz CT molecular complexity index is 481. The van der Waals surface area contributed by atoms with E-state index in [9.17, 15) is 25.2 Å². The first-order valence-electron chi connectivity index (χ1n) is 8.01. The Morgan fingerprint density at radius 2 is 1.96 bits per heavy atom. The van der Waals surface area contributed by atoms with Gasteiger partial charge in [0.25, 0.3) is 0 Å². The molecule has 10 nitrogen and oxygen atoms in total. The van der Waals surface area contributed by atoms with Crippen molar-refractivity contribution in [2.45, 2.75) is 49.7 Å². The van der Waals surface area contributed by atoms with Gasteiger partial charge in [-0.25, -0.2) is 4.79 Å². The molecule has 2 aliphatic heterocycles. The van der Waals surface area contributed by atoms with Crippen LogP contribution in [0.5, 0.6) is 0 Å². The summed E-state index contributed by atoms with van der Waals surface area (Å²) in [4.78, 5) is 10.9. The van der Waals surface area contributed by atoms with Crippen LogP contribution in [-0.2, 0) is 19.0 Å². The van der Waals surface area contributed by atoms with Crippen LogP contribution < -0.4 is 0 Å². The van der Waals surface area contributed by atoms with Crippen molar-refractivity contribution in [3.63, 3.8) is 0 Å². The number of carbonyl (C=O) groups is 1. The molecule has 25 heavy (non-hydrogen) atoms. The lowest BCUT2D eigenvalue weighted by Gasteiger charge is -2.36. The number of hydrogen-bond acceptors (Lipinski definition) is 9. The van der Waals surface area contributed by atoms with Crippen molar-refractivity contribution >= 4 is 5.97 Å². The largest absolute Gasteiger partial charge is 0.478 e. The highest BCUT2D eigenvalue weighted by molar-refractivity contribution is 5.84. The molecule has 144 valence electrons. The van der Waals surface area contributed by atoms with E-state index < -0.39 is 54.5 Å². The third-order valence-corrected chi connectivity index (χ3v) is 4.33. The lowest BCUT2D eigenvalue weighted by molar-refractivity contribution is -0.237. The van der Waals surface area contributed by atoms with Gasteiger partial charge in [0.1, 0.15) is 18.3 Å². The van der Waals surface area contributed by atoms with Crippen molar-refractivity contribution in [2.24, 2.45) is 5.92 Å². The highest BCUT2D eigenvalue weighted by Gasteiger charge is 2.37. The Morgan fingerprint density at radius 1 is 1.24 bits per heavy atom. The lowest BCUT2D eigenvalue weighted by Crippen LogP contribution is -2.46. The van der Waals surface area contributed by atoms with E-state index in [1.54, 1.807) is 0 Å². The number of rotatable bonds is 7. The summed E-state index contributed by atoms with van der Waals surface area (Å²) in [7, 11) is 0. The van der Waals surface area contributed by atoms with E-state index >= 15 is 0 Å². The second kappa shape index (κ2) is 8.90. The van der Waals surface area contributed by atoms with Gasteiger partial charge in [0.05, 0.1) is 19.3 Å². The van der Waals surface area contributed by atoms with Gasteiger partial charge in [0.2, 0.25) is 5.76 Å². The fourth-order valence-electron chi connectivity index (χ4n) is 2.82. The zero-order valence-corrected chi connectivity index (χ0v) is 13.5. The van der Waals surface area contributed by atoms with Crippen LogP contribution in [0.4, 0.5) is 0 Å². The van der Waals surface area contributed by atoms with E-state index in [2.05, 4.69) is 0 Å². The average molecular weight is 364 g/mol. The Morgan fingerprint density at radius 3 is 2.60 bits per heavy atom. The molecule has 7 atom stereocenters. The minimum Gasteiger partial charge on any atom is -0.478 e. The number of carboxylic acids is 1. The third kappa shape index (κ3) is 5.11. The molecule has 0 saturated carbocycles. The van der Waals surface area contributed by atoms with Gasteiger partial charge >= 0.3 is 5.97 Å². The maximum atomic E-state index is 10.9. The maximum Gasteiger partial charge on any atom is 0.370 e. The second-order valence-corrected chi connectivity index (χ2v) is 6.15. The van der Waals surface area contributed by atoms with Crippen molar-refractivity contribution < 1.29 is 49.6 Å². The zero-order valence-electron chi connectivity index (χ0n) is 13.5. The van der Waals surface area contributed by atoms with E-state index in [0.29, 0.717) is 6.42 Å². The predicted octanol–water partition coefficient (Wildman–Crippen LogP) is -2.44. The van der Waals surface area contributed by atoms with Gasteiger partial charge in [-0.1, -0.05) is 0 Å². The number of hydrogen-bond donors (Lipinski definition) is 6. The summed E-state index contributed by atoms with van der Waals surface area (Å²) in [5.74, 6) is -2.21. The number of aliphatic hydroxyl groups excluding tert-OH is 5. The summed E-state index contributed by atoms with van der Waals surface area (Å²) in [6.07, 6.45) is -5.08. The summed E-state index contributed by atoms with van der Waals surface area (Å²) < 4.78 is 15.5. The number of ether oxygens (including phenoxy) is 3. The molecule has 10 heteroatoms. The molecule has 6 N–H and O–H groups in total. The summed E-state index contributed by atoms with van der Waals surface area (Å²) >= 11 is 0. The minimum atomic E-state index is -1.37. The van der Waals surface area contributed by atoms with Gasteiger partial charge in [-0.15, -0.1) is 0 Å². The van der Waals surface area contributed by atoms with E-state index in [0.717, 1.165) is 6.08 Å². The van der Waals surface area contributed by atoms with Crippen LogP contribution in [0.1, 0.15) is 12.8 Å². The average Bonchev–Trinajstić information content (AvgIpc) is 2.57. The molecular formula is C15H24O10. The molecule has 0 bridgehead atoms. The molecule has 0 aliphatic carbocycles. The van der Waals surface area contributed by atoms with Gasteiger partial charge < -0.3 is 44.8 Å². The molecule has 0 aromatic heterocycles. The molecule has 6 unspecified atom stereocenters. The van der Waals surface area contributed by atoms with E-state index in [-0.39, 0.29) is 26.2 Å². The SMILES string of the molecule is O=C(O)C1=CC(O)C(O)C(COCCC2C[C@@H](O)C(CO)OC2O)O1. The Balaban J connectivity index is 1.76. The summed E-state index contributed by atoms with van der Waals surface area (Å²) in [6, 6.07) is 0. The quantitative estimate of drug-likeness (QED) is 0.267. The van der Waals surface area contributed by atoms with E-state index in [4.69, 9.17) is 24.4 Å². The zero-order chi connectivity index (χ0) is 18.6. The molecule has 0 spiro atoms. The Labute approximate surface area is 143 Å². The van der Waals surface area contributed by atoms with Crippen LogP contribution in [0.15, 0.2) is 11.8 Å². The molecule has 0 radical (unpaired) electrons. The predicted molar refractivity (Wildman–Crippen MR) is 80.1 cm³/mol. The van der Waals surface area contributed by atoms with Crippen molar-refractivity contribution in [3.05, 3.63) is 11.8 Å². The monoisotopic (exact) mass is 364 g/mol. The smallest absolute Gasteiger partial charge is 0.370 e. The van der Waals surface area contributed by atoms with Crippen molar-refractivity contribution in [3.8, 4) is 0 Å². The van der Waals surface area contributed by atoms with Crippen molar-refractivity contribution in [2.75, 3.05) is 19.8 Å². The van der Waals surface area contributed by atoms with Crippen LogP contribution in [0, 0.1) is 5.92 Å². The van der Waals surface area contributed by atoms with Gasteiger partial charge in [-0.3, -0.25) is 0 Å². The molecule has 2 heterocycles. The first-order valence-corrected chi connectivity index (χ1v) is 8.01. The summed E-state index contributed by atoms with van der Waals surface area (Å²) in [5, 5.41) is 56.9. The van der Waals surface area contributed by atoms with Crippen molar-refractivity contribution in [1.29, 1.82) is 0 Å². The lowest BCUT2D eigenvalue weighted by atomic mass is 9.92. The maximum absolute atomic E-state index is 10.9. The third-order valence-electron chi connectivity index (χ3n) is 4.33. The highest BCUT2D eigenvalue weighted by atomic mass is 16.6. The first kappa shape index (κ1) is 20.0. The molecule has 0 aromatic carbocycles. The van der Waals surface area contributed by atoms with Crippen LogP contribution >= 0.6 is 0 Å². The van der Waals surface area contributed by atoms with Gasteiger partial charge in [0.15, 0.2) is 12.4 Å². The van der Waals surface area contributed by atoms with Crippen LogP contribution in [0.25, 0.3) is 0 Å². The van der Waals surface area contributed by atoms with Crippen LogP contribution in [-0.4, -0.2) is 93.2 Å². The fraction of sp³-hybridized carbons (Fsp3) is 0.800. The summed E-state index contributed by atoms with van der Waals surface area (Å²) in [5.41, 5.74) is 0. The van der Waals surface area contributed by atoms with Crippen molar-refractivity contribution in [1.82, 2.24) is 0 Å².